The average Bonchev–Trinajstić information content (AvgIpc) is 2.70. The molecular formula is C19H28O7S. The van der Waals surface area contributed by atoms with Crippen LogP contribution in [0.3, 0.4) is 0 Å². The van der Waals surface area contributed by atoms with Gasteiger partial charge in [0, 0.05) is 0 Å². The van der Waals surface area contributed by atoms with E-state index in [2.05, 4.69) is 4.18 Å². The molecule has 0 spiro atoms. The highest BCUT2D eigenvalue weighted by atomic mass is 32.2. The molecule has 152 valence electrons. The normalized spacial score (nSPS) is 14.9. The maximum atomic E-state index is 12.3. The molecule has 3 atom stereocenters. The molecule has 0 aromatic heterocycles. The zero-order chi connectivity index (χ0) is 20.6. The Morgan fingerprint density at radius 3 is 1.81 bits per heavy atom. The van der Waals surface area contributed by atoms with E-state index in [0.717, 1.165) is 12.7 Å². The molecule has 0 aliphatic rings. The summed E-state index contributed by atoms with van der Waals surface area (Å²) in [5, 5.41) is 0. The van der Waals surface area contributed by atoms with E-state index in [0.29, 0.717) is 19.3 Å². The molecule has 1 rings (SSSR count). The number of benzene rings is 1. The van der Waals surface area contributed by atoms with Crippen LogP contribution in [0.15, 0.2) is 29.2 Å². The van der Waals surface area contributed by atoms with E-state index in [1.165, 1.54) is 26.4 Å². The first-order valence-corrected chi connectivity index (χ1v) is 10.2. The van der Waals surface area contributed by atoms with Crippen molar-refractivity contribution in [2.75, 3.05) is 21.3 Å². The van der Waals surface area contributed by atoms with Crippen molar-refractivity contribution < 1.29 is 31.7 Å². The highest BCUT2D eigenvalue weighted by Gasteiger charge is 2.36. The fourth-order valence-corrected chi connectivity index (χ4v) is 3.85. The first-order valence-electron chi connectivity index (χ1n) is 8.81. The predicted molar refractivity (Wildman–Crippen MR) is 99.6 cm³/mol. The minimum absolute atomic E-state index is 0.0490. The number of carbonyl (C=O) groups is 2. The molecular weight excluding hydrogens is 372 g/mol. The Hall–Kier alpha value is -1.93. The van der Waals surface area contributed by atoms with Crippen LogP contribution in [0.25, 0.3) is 0 Å². The van der Waals surface area contributed by atoms with Gasteiger partial charge in [0.15, 0.2) is 0 Å². The SMILES string of the molecule is CCC(CC(C(=O)OC)C(CC)C(=O)OC)c1ccc(S(=O)(=O)OC)cc1. The first-order chi connectivity index (χ1) is 12.7. The summed E-state index contributed by atoms with van der Waals surface area (Å²) in [6, 6.07) is 6.35. The predicted octanol–water partition coefficient (Wildman–Crippen LogP) is 2.89. The molecule has 0 aliphatic carbocycles. The molecule has 7 nitrogen and oxygen atoms in total. The third kappa shape index (κ3) is 5.77. The fourth-order valence-electron chi connectivity index (χ4n) is 3.19. The van der Waals surface area contributed by atoms with Gasteiger partial charge in [-0.05, 0) is 42.9 Å². The molecule has 0 N–H and O–H groups in total. The number of carbonyl (C=O) groups excluding carboxylic acids is 2. The van der Waals surface area contributed by atoms with Crippen molar-refractivity contribution in [3.05, 3.63) is 29.8 Å². The fraction of sp³-hybridized carbons (Fsp3) is 0.579. The second-order valence-corrected chi connectivity index (χ2v) is 7.91. The molecule has 0 bridgehead atoms. The van der Waals surface area contributed by atoms with Crippen LogP contribution in [-0.4, -0.2) is 41.7 Å². The summed E-state index contributed by atoms with van der Waals surface area (Å²) in [6.45, 7) is 3.79. The van der Waals surface area contributed by atoms with E-state index >= 15 is 0 Å². The van der Waals surface area contributed by atoms with Gasteiger partial charge in [-0.1, -0.05) is 26.0 Å². The van der Waals surface area contributed by atoms with Crippen molar-refractivity contribution in [1.29, 1.82) is 0 Å². The van der Waals surface area contributed by atoms with Gasteiger partial charge in [-0.15, -0.1) is 0 Å². The lowest BCUT2D eigenvalue weighted by Gasteiger charge is -2.26. The maximum Gasteiger partial charge on any atom is 0.309 e. The minimum Gasteiger partial charge on any atom is -0.469 e. The molecule has 0 saturated heterocycles. The number of hydrogen-bond acceptors (Lipinski definition) is 7. The van der Waals surface area contributed by atoms with Crippen molar-refractivity contribution in [3.8, 4) is 0 Å². The summed E-state index contributed by atoms with van der Waals surface area (Å²) < 4.78 is 37.8. The van der Waals surface area contributed by atoms with E-state index in [1.54, 1.807) is 12.1 Å². The van der Waals surface area contributed by atoms with Gasteiger partial charge in [-0.2, -0.15) is 8.42 Å². The minimum atomic E-state index is -3.76. The molecule has 0 aliphatic heterocycles. The summed E-state index contributed by atoms with van der Waals surface area (Å²) in [4.78, 5) is 24.5. The lowest BCUT2D eigenvalue weighted by molar-refractivity contribution is -0.158. The molecule has 8 heteroatoms. The Labute approximate surface area is 161 Å². The van der Waals surface area contributed by atoms with Gasteiger partial charge in [0.2, 0.25) is 0 Å². The number of rotatable bonds is 10. The van der Waals surface area contributed by atoms with Gasteiger partial charge >= 0.3 is 11.9 Å². The second kappa shape index (κ2) is 10.4. The van der Waals surface area contributed by atoms with Crippen LogP contribution in [0.5, 0.6) is 0 Å². The number of esters is 2. The third-order valence-electron chi connectivity index (χ3n) is 4.82. The third-order valence-corrected chi connectivity index (χ3v) is 6.11. The van der Waals surface area contributed by atoms with E-state index in [4.69, 9.17) is 9.47 Å². The average molecular weight is 400 g/mol. The summed E-state index contributed by atoms with van der Waals surface area (Å²) >= 11 is 0. The highest BCUT2D eigenvalue weighted by molar-refractivity contribution is 7.86. The summed E-state index contributed by atoms with van der Waals surface area (Å²) in [6.07, 6.45) is 1.56. The zero-order valence-electron chi connectivity index (χ0n) is 16.4. The van der Waals surface area contributed by atoms with Crippen LogP contribution in [0.4, 0.5) is 0 Å². The van der Waals surface area contributed by atoms with E-state index < -0.39 is 33.9 Å². The van der Waals surface area contributed by atoms with E-state index in [1.807, 2.05) is 13.8 Å². The van der Waals surface area contributed by atoms with E-state index in [9.17, 15) is 18.0 Å². The lowest BCUT2D eigenvalue weighted by atomic mass is 9.79. The Morgan fingerprint density at radius 2 is 1.41 bits per heavy atom. The Kier molecular flexibility index (Phi) is 8.92. The molecule has 0 radical (unpaired) electrons. The number of methoxy groups -OCH3 is 2. The molecule has 3 unspecified atom stereocenters. The van der Waals surface area contributed by atoms with Gasteiger partial charge in [-0.3, -0.25) is 13.8 Å². The molecule has 1 aromatic carbocycles. The molecule has 0 fully saturated rings. The van der Waals surface area contributed by atoms with Crippen molar-refractivity contribution in [1.82, 2.24) is 0 Å². The Balaban J connectivity index is 3.14. The smallest absolute Gasteiger partial charge is 0.309 e. The van der Waals surface area contributed by atoms with Crippen molar-refractivity contribution in [2.24, 2.45) is 11.8 Å². The zero-order valence-corrected chi connectivity index (χ0v) is 17.2. The largest absolute Gasteiger partial charge is 0.469 e. The van der Waals surface area contributed by atoms with Gasteiger partial charge in [-0.25, -0.2) is 0 Å². The summed E-state index contributed by atoms with van der Waals surface area (Å²) in [5.74, 6) is -2.18. The van der Waals surface area contributed by atoms with Crippen LogP contribution < -0.4 is 0 Å². The highest BCUT2D eigenvalue weighted by Crippen LogP contribution is 2.33. The van der Waals surface area contributed by atoms with Crippen molar-refractivity contribution in [2.45, 2.75) is 43.9 Å². The quantitative estimate of drug-likeness (QED) is 0.440. The molecule has 0 heterocycles. The first kappa shape index (κ1) is 23.1. The van der Waals surface area contributed by atoms with Gasteiger partial charge in [0.1, 0.15) is 0 Å². The molecule has 1 aromatic rings. The van der Waals surface area contributed by atoms with E-state index in [-0.39, 0.29) is 10.8 Å². The van der Waals surface area contributed by atoms with Gasteiger partial charge in [0.25, 0.3) is 10.1 Å². The maximum absolute atomic E-state index is 12.3. The Bertz CT molecular complexity index is 725. The standard InChI is InChI=1S/C19H28O7S/c1-6-13(14-8-10-15(11-9-14)27(22,23)26-5)12-17(19(21)25-4)16(7-2)18(20)24-3/h8-11,13,16-17H,6-7,12H2,1-5H3. The van der Waals surface area contributed by atoms with Crippen LogP contribution in [0, 0.1) is 11.8 Å². The topological polar surface area (TPSA) is 96.0 Å². The van der Waals surface area contributed by atoms with Crippen molar-refractivity contribution >= 4 is 22.1 Å². The Morgan fingerprint density at radius 1 is 0.889 bits per heavy atom. The van der Waals surface area contributed by atoms with Crippen LogP contribution in [0.1, 0.15) is 44.6 Å². The lowest BCUT2D eigenvalue weighted by Crippen LogP contribution is -2.32. The van der Waals surface area contributed by atoms with Crippen LogP contribution in [0.2, 0.25) is 0 Å². The van der Waals surface area contributed by atoms with Crippen LogP contribution >= 0.6 is 0 Å². The number of ether oxygens (including phenoxy) is 2. The summed E-state index contributed by atoms with van der Waals surface area (Å²) in [5.41, 5.74) is 0.876. The summed E-state index contributed by atoms with van der Waals surface area (Å²) in [7, 11) is -0.0537. The van der Waals surface area contributed by atoms with Gasteiger partial charge < -0.3 is 9.47 Å². The van der Waals surface area contributed by atoms with Crippen LogP contribution in [-0.2, 0) is 33.4 Å². The monoisotopic (exact) mass is 400 g/mol. The molecule has 0 amide bonds. The second-order valence-electron chi connectivity index (χ2n) is 6.20. The number of hydrogen-bond donors (Lipinski definition) is 0. The van der Waals surface area contributed by atoms with Gasteiger partial charge in [0.05, 0.1) is 38.1 Å². The van der Waals surface area contributed by atoms with Crippen molar-refractivity contribution in [3.63, 3.8) is 0 Å². The molecule has 27 heavy (non-hydrogen) atoms. The molecule has 0 saturated carbocycles.